The normalized spacial score (nSPS) is 12.3. The van der Waals surface area contributed by atoms with E-state index in [9.17, 15) is 10.5 Å². The molecule has 4 heteroatoms. The molecular weight excluding hydrogens is 1060 g/mol. The maximum atomic E-state index is 12.8. The van der Waals surface area contributed by atoms with E-state index in [0.29, 0.717) is 16.8 Å². The van der Waals surface area contributed by atoms with Crippen LogP contribution in [0.2, 0.25) is 0 Å². The summed E-state index contributed by atoms with van der Waals surface area (Å²) >= 11 is 0. The van der Waals surface area contributed by atoms with Crippen LogP contribution >= 0.6 is 0 Å². The van der Waals surface area contributed by atoms with Gasteiger partial charge in [0.05, 0.1) is 44.6 Å². The quantitative estimate of drug-likeness (QED) is 0.152. The first kappa shape index (κ1) is 57.1. The first-order valence-corrected chi connectivity index (χ1v) is 30.8. The van der Waals surface area contributed by atoms with Crippen molar-refractivity contribution in [3.63, 3.8) is 0 Å². The van der Waals surface area contributed by atoms with Crippen LogP contribution in [-0.4, -0.2) is 9.13 Å². The number of nitriles is 2. The summed E-state index contributed by atoms with van der Waals surface area (Å²) in [5.41, 5.74) is 21.5. The fraction of sp³-hybridized carbons (Fsp3) is 0.190. The first-order chi connectivity index (χ1) is 42.1. The van der Waals surface area contributed by atoms with E-state index < -0.39 is 0 Å². The van der Waals surface area contributed by atoms with Crippen molar-refractivity contribution in [2.24, 2.45) is 0 Å². The maximum Gasteiger partial charge on any atom is 0.102 e. The summed E-state index contributed by atoms with van der Waals surface area (Å²) in [7, 11) is 0. The molecule has 0 saturated carbocycles. The standard InChI is InChI=1S/C84H74N4/c1-81(2,3)63-41-61(42-64(49-63)82(4,5)6)77-71(51-85)79(87-73-37-33-57(53-25-17-13-18-26-53)45-67(73)68-46-58(34-38-74(68)87)54-27-19-14-20-28-54)72(52-86)78(62-43-65(83(7,8)9)50-66(44-62)84(10,11)12)80(77)88-75-39-35-59(55-29-21-15-22-30-55)47-69(75)70-48-60(36-40-76(70)88)56-31-23-16-24-32-56/h13-50H,1-12H3. The molecule has 0 N–H and O–H groups in total. The lowest BCUT2D eigenvalue weighted by atomic mass is 9.76. The molecule has 0 amide bonds. The summed E-state index contributed by atoms with van der Waals surface area (Å²) in [6.45, 7) is 27.3. The molecule has 13 aromatic rings. The van der Waals surface area contributed by atoms with Gasteiger partial charge in [0.2, 0.25) is 0 Å². The van der Waals surface area contributed by atoms with Gasteiger partial charge in [-0.15, -0.1) is 0 Å². The molecule has 4 nitrogen and oxygen atoms in total. The molecule has 2 heterocycles. The molecule has 0 atom stereocenters. The van der Waals surface area contributed by atoms with E-state index in [1.807, 2.05) is 0 Å². The van der Waals surface area contributed by atoms with Crippen molar-refractivity contribution < 1.29 is 0 Å². The van der Waals surface area contributed by atoms with E-state index in [0.717, 1.165) is 138 Å². The molecule has 88 heavy (non-hydrogen) atoms. The van der Waals surface area contributed by atoms with Gasteiger partial charge in [-0.25, -0.2) is 0 Å². The van der Waals surface area contributed by atoms with Crippen LogP contribution in [0.15, 0.2) is 231 Å². The molecule has 0 aliphatic carbocycles. The second-order valence-electron chi connectivity index (χ2n) is 28.1. The van der Waals surface area contributed by atoms with Gasteiger partial charge in [0.15, 0.2) is 0 Å². The molecular formula is C84H74N4. The molecule has 0 fully saturated rings. The summed E-state index contributed by atoms with van der Waals surface area (Å²) in [6, 6.07) is 89.3. The van der Waals surface area contributed by atoms with Gasteiger partial charge in [0, 0.05) is 32.7 Å². The Morgan fingerprint density at radius 2 is 0.489 bits per heavy atom. The largest absolute Gasteiger partial charge is 0.308 e. The SMILES string of the molecule is CC(C)(C)c1cc(-c2c(C#N)c(-n3c4ccc(-c5ccccc5)cc4c4cc(-c5ccccc5)ccc43)c(C#N)c(-c3cc(C(C)(C)C)cc(C(C)(C)C)c3)c2-n2c3ccc(-c4ccccc4)cc3c3cc(-c4ccccc4)ccc32)cc(C(C)(C)C)c1. The van der Waals surface area contributed by atoms with E-state index in [1.165, 1.54) is 0 Å². The van der Waals surface area contributed by atoms with E-state index in [4.69, 9.17) is 0 Å². The van der Waals surface area contributed by atoms with Crippen LogP contribution in [0.4, 0.5) is 0 Å². The van der Waals surface area contributed by atoms with Crippen molar-refractivity contribution in [2.45, 2.75) is 105 Å². The molecule has 0 unspecified atom stereocenters. The molecule has 0 aliphatic heterocycles. The molecule has 0 aliphatic rings. The summed E-state index contributed by atoms with van der Waals surface area (Å²) < 4.78 is 4.67. The van der Waals surface area contributed by atoms with Crippen LogP contribution in [0.5, 0.6) is 0 Å². The average molecular weight is 1140 g/mol. The average Bonchev–Trinajstić information content (AvgIpc) is 1.41. The number of rotatable bonds is 8. The number of nitrogens with zero attached hydrogens (tertiary/aromatic N) is 4. The van der Waals surface area contributed by atoms with Crippen LogP contribution in [0.1, 0.15) is 116 Å². The Balaban J connectivity index is 1.30. The minimum atomic E-state index is -0.280. The summed E-state index contributed by atoms with van der Waals surface area (Å²) in [5.74, 6) is 0. The van der Waals surface area contributed by atoms with Gasteiger partial charge in [-0.05, 0) is 148 Å². The van der Waals surface area contributed by atoms with Gasteiger partial charge in [-0.2, -0.15) is 10.5 Å². The van der Waals surface area contributed by atoms with Crippen LogP contribution in [0.3, 0.4) is 0 Å². The van der Waals surface area contributed by atoms with Crippen molar-refractivity contribution in [3.05, 3.63) is 264 Å². The van der Waals surface area contributed by atoms with Crippen molar-refractivity contribution in [1.29, 1.82) is 10.5 Å². The molecule has 11 aromatic carbocycles. The third-order valence-electron chi connectivity index (χ3n) is 18.0. The van der Waals surface area contributed by atoms with E-state index in [-0.39, 0.29) is 21.7 Å². The Kier molecular flexibility index (Phi) is 13.9. The number of hydrogen-bond acceptors (Lipinski definition) is 2. The fourth-order valence-corrected chi connectivity index (χ4v) is 13.0. The monoisotopic (exact) mass is 1140 g/mol. The third kappa shape index (κ3) is 10.1. The minimum Gasteiger partial charge on any atom is -0.308 e. The Morgan fingerprint density at radius 3 is 0.716 bits per heavy atom. The van der Waals surface area contributed by atoms with Gasteiger partial charge < -0.3 is 9.13 Å². The second kappa shape index (κ2) is 21.4. The van der Waals surface area contributed by atoms with Crippen LogP contribution in [0, 0.1) is 22.7 Å². The zero-order valence-corrected chi connectivity index (χ0v) is 52.7. The lowest BCUT2D eigenvalue weighted by Crippen LogP contribution is -2.18. The Hall–Kier alpha value is -10.0. The molecule has 0 bridgehead atoms. The van der Waals surface area contributed by atoms with Gasteiger partial charge >= 0.3 is 0 Å². The topological polar surface area (TPSA) is 57.4 Å². The van der Waals surface area contributed by atoms with Crippen LogP contribution < -0.4 is 0 Å². The highest BCUT2D eigenvalue weighted by Gasteiger charge is 2.35. The lowest BCUT2D eigenvalue weighted by molar-refractivity contribution is 0.568. The van der Waals surface area contributed by atoms with E-state index in [1.54, 1.807) is 0 Å². The van der Waals surface area contributed by atoms with Crippen molar-refractivity contribution >= 4 is 43.6 Å². The lowest BCUT2D eigenvalue weighted by Gasteiger charge is -2.30. The molecule has 0 spiro atoms. The molecule has 430 valence electrons. The predicted octanol–water partition coefficient (Wildman–Crippen LogP) is 22.8. The first-order valence-electron chi connectivity index (χ1n) is 30.8. The summed E-state index contributed by atoms with van der Waals surface area (Å²) in [4.78, 5) is 0. The van der Waals surface area contributed by atoms with Crippen molar-refractivity contribution in [3.8, 4) is 90.3 Å². The van der Waals surface area contributed by atoms with Crippen molar-refractivity contribution in [1.82, 2.24) is 9.13 Å². The Labute approximate surface area is 519 Å². The van der Waals surface area contributed by atoms with Crippen molar-refractivity contribution in [2.75, 3.05) is 0 Å². The number of hydrogen-bond donors (Lipinski definition) is 0. The summed E-state index contributed by atoms with van der Waals surface area (Å²) in [6.07, 6.45) is 0. The van der Waals surface area contributed by atoms with Gasteiger partial charge in [-0.3, -0.25) is 0 Å². The van der Waals surface area contributed by atoms with Gasteiger partial charge in [-0.1, -0.05) is 265 Å². The highest BCUT2D eigenvalue weighted by molar-refractivity contribution is 6.15. The second-order valence-corrected chi connectivity index (χ2v) is 28.1. The Bertz CT molecular complexity index is 4600. The maximum absolute atomic E-state index is 12.8. The van der Waals surface area contributed by atoms with Crippen LogP contribution in [-0.2, 0) is 21.7 Å². The minimum absolute atomic E-state index is 0.280. The van der Waals surface area contributed by atoms with E-state index in [2.05, 4.69) is 335 Å². The number of aromatic nitrogens is 2. The summed E-state index contributed by atoms with van der Waals surface area (Å²) in [5, 5.41) is 29.8. The van der Waals surface area contributed by atoms with Gasteiger partial charge in [0.1, 0.15) is 12.1 Å². The zero-order chi connectivity index (χ0) is 61.6. The molecule has 0 radical (unpaired) electrons. The third-order valence-corrected chi connectivity index (χ3v) is 18.0. The number of fused-ring (bicyclic) bond motifs is 6. The smallest absolute Gasteiger partial charge is 0.102 e. The predicted molar refractivity (Wildman–Crippen MR) is 372 cm³/mol. The van der Waals surface area contributed by atoms with Crippen LogP contribution in [0.25, 0.3) is 122 Å². The van der Waals surface area contributed by atoms with Gasteiger partial charge in [0.25, 0.3) is 0 Å². The van der Waals surface area contributed by atoms with E-state index >= 15 is 0 Å². The Morgan fingerprint density at radius 1 is 0.250 bits per heavy atom. The number of benzene rings is 11. The molecule has 0 saturated heterocycles. The highest BCUT2D eigenvalue weighted by atomic mass is 15.0. The highest BCUT2D eigenvalue weighted by Crippen LogP contribution is 2.52. The molecule has 13 rings (SSSR count). The zero-order valence-electron chi connectivity index (χ0n) is 52.7. The fourth-order valence-electron chi connectivity index (χ4n) is 13.0. The molecule has 2 aromatic heterocycles.